The van der Waals surface area contributed by atoms with Crippen molar-refractivity contribution in [2.75, 3.05) is 6.61 Å². The molecule has 0 fully saturated rings. The van der Waals surface area contributed by atoms with Gasteiger partial charge < -0.3 is 31.9 Å². The van der Waals surface area contributed by atoms with Gasteiger partial charge in [-0.3, -0.25) is 14.4 Å². The number of aliphatic hydroxyl groups excluding tert-OH is 1. The highest BCUT2D eigenvalue weighted by atomic mass is 16.4. The number of carbonyl (C=O) groups excluding carboxylic acids is 3. The van der Waals surface area contributed by atoms with Gasteiger partial charge in [-0.2, -0.15) is 0 Å². The molecule has 0 heterocycles. The van der Waals surface area contributed by atoms with Gasteiger partial charge in [0, 0.05) is 6.42 Å². The molecule has 0 bridgehead atoms. The number of nitrogens with one attached hydrogen (secondary N) is 3. The summed E-state index contributed by atoms with van der Waals surface area (Å²) in [7, 11) is 0. The van der Waals surface area contributed by atoms with E-state index in [1.807, 2.05) is 6.92 Å². The maximum atomic E-state index is 12.8. The van der Waals surface area contributed by atoms with Crippen molar-refractivity contribution in [3.63, 3.8) is 0 Å². The Morgan fingerprint density at radius 3 is 2.10 bits per heavy atom. The Bertz CT molecular complexity index is 757. The fraction of sp³-hybridized carbons (Fsp3) is 0.524. The molecule has 0 aliphatic carbocycles. The van der Waals surface area contributed by atoms with E-state index in [0.717, 1.165) is 5.56 Å². The first-order valence-electron chi connectivity index (χ1n) is 10.1. The molecule has 31 heavy (non-hydrogen) atoms. The first-order valence-corrected chi connectivity index (χ1v) is 10.1. The van der Waals surface area contributed by atoms with Crippen molar-refractivity contribution in [1.29, 1.82) is 0 Å². The van der Waals surface area contributed by atoms with E-state index in [9.17, 15) is 24.3 Å². The van der Waals surface area contributed by atoms with Crippen LogP contribution in [-0.4, -0.2) is 64.7 Å². The van der Waals surface area contributed by atoms with Gasteiger partial charge in [0.05, 0.1) is 6.61 Å². The summed E-state index contributed by atoms with van der Waals surface area (Å²) in [5, 5.41) is 25.8. The van der Waals surface area contributed by atoms with Crippen LogP contribution in [0.15, 0.2) is 30.3 Å². The molecular formula is C21H32N4O6. The lowest BCUT2D eigenvalue weighted by Gasteiger charge is -2.25. The summed E-state index contributed by atoms with van der Waals surface area (Å²) in [6, 6.07) is 4.55. The molecule has 1 aromatic rings. The topological polar surface area (TPSA) is 171 Å². The van der Waals surface area contributed by atoms with Crippen molar-refractivity contribution in [1.82, 2.24) is 16.0 Å². The molecule has 1 aromatic carbocycles. The molecule has 0 aromatic heterocycles. The van der Waals surface area contributed by atoms with Gasteiger partial charge in [-0.1, -0.05) is 50.6 Å². The summed E-state index contributed by atoms with van der Waals surface area (Å²) in [5.74, 6) is -3.46. The number of aliphatic hydroxyl groups is 1. The van der Waals surface area contributed by atoms with Crippen LogP contribution in [0.5, 0.6) is 0 Å². The second kappa shape index (κ2) is 12.7. The zero-order valence-corrected chi connectivity index (χ0v) is 18.0. The maximum Gasteiger partial charge on any atom is 0.326 e. The fourth-order valence-electron chi connectivity index (χ4n) is 2.76. The number of hydrogen-bond donors (Lipinski definition) is 6. The monoisotopic (exact) mass is 436 g/mol. The molecule has 10 heteroatoms. The third-order valence-electron chi connectivity index (χ3n) is 4.98. The number of benzene rings is 1. The van der Waals surface area contributed by atoms with Gasteiger partial charge in [0.25, 0.3) is 0 Å². The van der Waals surface area contributed by atoms with E-state index in [1.165, 1.54) is 6.92 Å². The van der Waals surface area contributed by atoms with Crippen LogP contribution in [0.4, 0.5) is 0 Å². The highest BCUT2D eigenvalue weighted by molar-refractivity contribution is 5.94. The number of carbonyl (C=O) groups is 4. The molecule has 0 aliphatic heterocycles. The molecule has 0 saturated carbocycles. The van der Waals surface area contributed by atoms with Crippen molar-refractivity contribution < 1.29 is 29.4 Å². The summed E-state index contributed by atoms with van der Waals surface area (Å²) < 4.78 is 0. The summed E-state index contributed by atoms with van der Waals surface area (Å²) in [4.78, 5) is 48.8. The van der Waals surface area contributed by atoms with Crippen molar-refractivity contribution in [2.24, 2.45) is 11.7 Å². The Labute approximate surface area is 181 Å². The van der Waals surface area contributed by atoms with E-state index in [1.54, 1.807) is 37.3 Å². The number of hydrogen-bond acceptors (Lipinski definition) is 6. The van der Waals surface area contributed by atoms with Crippen LogP contribution in [0, 0.1) is 5.92 Å². The third kappa shape index (κ3) is 8.35. The third-order valence-corrected chi connectivity index (χ3v) is 4.98. The van der Waals surface area contributed by atoms with Crippen LogP contribution < -0.4 is 21.7 Å². The minimum Gasteiger partial charge on any atom is -0.480 e. The molecule has 172 valence electrons. The predicted molar refractivity (Wildman–Crippen MR) is 114 cm³/mol. The molecule has 5 unspecified atom stereocenters. The minimum absolute atomic E-state index is 0.134. The van der Waals surface area contributed by atoms with Gasteiger partial charge in [-0.25, -0.2) is 4.79 Å². The van der Waals surface area contributed by atoms with Gasteiger partial charge in [0.2, 0.25) is 17.7 Å². The average molecular weight is 437 g/mol. The van der Waals surface area contributed by atoms with Crippen LogP contribution in [0.1, 0.15) is 32.8 Å². The fourth-order valence-corrected chi connectivity index (χ4v) is 2.76. The summed E-state index contributed by atoms with van der Waals surface area (Å²) in [5.41, 5.74) is 6.28. The van der Waals surface area contributed by atoms with Crippen molar-refractivity contribution >= 4 is 23.7 Å². The Morgan fingerprint density at radius 1 is 0.968 bits per heavy atom. The summed E-state index contributed by atoms with van der Waals surface area (Å²) >= 11 is 0. The Morgan fingerprint density at radius 2 is 1.58 bits per heavy atom. The SMILES string of the molecule is CCC(C)C(NC(=O)C(C)NC(=O)C(Cc1ccccc1)NC(=O)C(N)CO)C(=O)O. The van der Waals surface area contributed by atoms with Crippen molar-refractivity contribution in [3.8, 4) is 0 Å². The standard InChI is InChI=1S/C21H32N4O6/c1-4-12(2)17(21(30)31)25-18(27)13(3)23-20(29)16(24-19(28)15(22)11-26)10-14-8-6-5-7-9-14/h5-9,12-13,15-17,26H,4,10-11,22H2,1-3H3,(H,23,29)(H,24,28)(H,25,27)(H,30,31). The number of amides is 3. The number of rotatable bonds is 12. The second-order valence-corrected chi connectivity index (χ2v) is 7.48. The second-order valence-electron chi connectivity index (χ2n) is 7.48. The molecular weight excluding hydrogens is 404 g/mol. The Kier molecular flexibility index (Phi) is 10.6. The van der Waals surface area contributed by atoms with E-state index in [2.05, 4.69) is 16.0 Å². The zero-order valence-electron chi connectivity index (χ0n) is 18.0. The van der Waals surface area contributed by atoms with E-state index < -0.39 is 54.5 Å². The number of carboxylic acids is 1. The van der Waals surface area contributed by atoms with E-state index in [-0.39, 0.29) is 12.3 Å². The van der Waals surface area contributed by atoms with Crippen LogP contribution in [0.3, 0.4) is 0 Å². The first-order chi connectivity index (χ1) is 14.6. The predicted octanol–water partition coefficient (Wildman–Crippen LogP) is -0.846. The Balaban J connectivity index is 2.88. The van der Waals surface area contributed by atoms with Gasteiger partial charge in [0.15, 0.2) is 0 Å². The quantitative estimate of drug-likeness (QED) is 0.248. The lowest BCUT2D eigenvalue weighted by molar-refractivity contribution is -0.143. The lowest BCUT2D eigenvalue weighted by atomic mass is 9.99. The number of aliphatic carboxylic acids is 1. The zero-order chi connectivity index (χ0) is 23.6. The smallest absolute Gasteiger partial charge is 0.326 e. The molecule has 0 radical (unpaired) electrons. The molecule has 0 spiro atoms. The minimum atomic E-state index is -1.20. The van der Waals surface area contributed by atoms with Crippen molar-refractivity contribution in [3.05, 3.63) is 35.9 Å². The van der Waals surface area contributed by atoms with E-state index in [4.69, 9.17) is 10.8 Å². The highest BCUT2D eigenvalue weighted by Gasteiger charge is 2.30. The number of carboxylic acid groups (broad SMARTS) is 1. The molecule has 5 atom stereocenters. The molecule has 0 aliphatic rings. The highest BCUT2D eigenvalue weighted by Crippen LogP contribution is 2.08. The lowest BCUT2D eigenvalue weighted by Crippen LogP contribution is -2.57. The normalized spacial score (nSPS) is 15.6. The summed E-state index contributed by atoms with van der Waals surface area (Å²) in [6.07, 6.45) is 0.684. The largest absolute Gasteiger partial charge is 0.480 e. The molecule has 10 nitrogen and oxygen atoms in total. The molecule has 1 rings (SSSR count). The van der Waals surface area contributed by atoms with Gasteiger partial charge in [-0.05, 0) is 18.4 Å². The summed E-state index contributed by atoms with van der Waals surface area (Å²) in [6.45, 7) is 4.35. The van der Waals surface area contributed by atoms with Crippen LogP contribution in [0.25, 0.3) is 0 Å². The average Bonchev–Trinajstić information content (AvgIpc) is 2.75. The molecule has 7 N–H and O–H groups in total. The van der Waals surface area contributed by atoms with Crippen molar-refractivity contribution in [2.45, 2.75) is 57.8 Å². The first kappa shape index (κ1) is 26.1. The van der Waals surface area contributed by atoms with Crippen LogP contribution in [-0.2, 0) is 25.6 Å². The number of nitrogens with two attached hydrogens (primary N) is 1. The van der Waals surface area contributed by atoms with E-state index >= 15 is 0 Å². The van der Waals surface area contributed by atoms with Gasteiger partial charge in [0.1, 0.15) is 24.2 Å². The van der Waals surface area contributed by atoms with Crippen LogP contribution in [0.2, 0.25) is 0 Å². The van der Waals surface area contributed by atoms with E-state index in [0.29, 0.717) is 6.42 Å². The van der Waals surface area contributed by atoms with Crippen LogP contribution >= 0.6 is 0 Å². The van der Waals surface area contributed by atoms with Gasteiger partial charge >= 0.3 is 5.97 Å². The molecule has 3 amide bonds. The molecule has 0 saturated heterocycles. The van der Waals surface area contributed by atoms with Gasteiger partial charge in [-0.15, -0.1) is 0 Å². The Hall–Kier alpha value is -2.98. The maximum absolute atomic E-state index is 12.8.